The van der Waals surface area contributed by atoms with Crippen molar-refractivity contribution in [3.63, 3.8) is 0 Å². The number of carbonyl (C=O) groups is 1. The minimum atomic E-state index is -0.630. The summed E-state index contributed by atoms with van der Waals surface area (Å²) in [5.41, 5.74) is 7.57. The summed E-state index contributed by atoms with van der Waals surface area (Å²) in [5.74, 6) is -0.0371. The van der Waals surface area contributed by atoms with Crippen LogP contribution in [0, 0.1) is 0 Å². The maximum absolute atomic E-state index is 12.0. The number of rotatable bonds is 6. The van der Waals surface area contributed by atoms with Gasteiger partial charge in [0.05, 0.1) is 12.1 Å². The Morgan fingerprint density at radius 1 is 1.35 bits per heavy atom. The molecule has 1 saturated carbocycles. The molecule has 0 aliphatic heterocycles. The molecule has 1 aromatic carbocycles. The molecule has 0 aromatic heterocycles. The Balaban J connectivity index is 0.00000200. The quantitative estimate of drug-likeness (QED) is 0.846. The fourth-order valence-corrected chi connectivity index (χ4v) is 2.22. The highest BCUT2D eigenvalue weighted by Gasteiger charge is 2.39. The Kier molecular flexibility index (Phi) is 6.46. The number of hydrogen-bond acceptors (Lipinski definition) is 3. The molecule has 1 aliphatic carbocycles. The van der Waals surface area contributed by atoms with Crippen LogP contribution < -0.4 is 11.1 Å². The Hall–Kier alpha value is -1.10. The van der Waals surface area contributed by atoms with Gasteiger partial charge in [-0.15, -0.1) is 12.4 Å². The van der Waals surface area contributed by atoms with Crippen molar-refractivity contribution >= 4 is 18.3 Å². The van der Waals surface area contributed by atoms with Crippen molar-refractivity contribution < 1.29 is 9.53 Å². The van der Waals surface area contributed by atoms with Crippen LogP contribution in [0.4, 0.5) is 0 Å². The van der Waals surface area contributed by atoms with Crippen molar-refractivity contribution in [1.82, 2.24) is 5.32 Å². The molecule has 0 radical (unpaired) electrons. The summed E-state index contributed by atoms with van der Waals surface area (Å²) in [7, 11) is 0. The third-order valence-electron chi connectivity index (χ3n) is 3.72. The van der Waals surface area contributed by atoms with Crippen LogP contribution in [0.2, 0.25) is 0 Å². The molecular weight excluding hydrogens is 276 g/mol. The SMILES string of the molecule is CCOCc1ccccc1CNC(=O)C1(N)CCC1.Cl. The summed E-state index contributed by atoms with van der Waals surface area (Å²) < 4.78 is 5.43. The molecule has 0 bridgehead atoms. The minimum absolute atomic E-state index is 0. The molecule has 1 aliphatic rings. The highest BCUT2D eigenvalue weighted by atomic mass is 35.5. The van der Waals surface area contributed by atoms with Crippen LogP contribution in [0.1, 0.15) is 37.3 Å². The van der Waals surface area contributed by atoms with Gasteiger partial charge < -0.3 is 15.8 Å². The predicted octanol–water partition coefficient (Wildman–Crippen LogP) is 2.14. The van der Waals surface area contributed by atoms with Crippen LogP contribution in [0.3, 0.4) is 0 Å². The van der Waals surface area contributed by atoms with E-state index in [2.05, 4.69) is 5.32 Å². The van der Waals surface area contributed by atoms with Gasteiger partial charge in [-0.1, -0.05) is 24.3 Å². The number of carbonyl (C=O) groups excluding carboxylic acids is 1. The van der Waals surface area contributed by atoms with E-state index in [9.17, 15) is 4.79 Å². The number of ether oxygens (including phenoxy) is 1. The lowest BCUT2D eigenvalue weighted by molar-refractivity contribution is -0.129. The Labute approximate surface area is 126 Å². The average molecular weight is 299 g/mol. The van der Waals surface area contributed by atoms with Gasteiger partial charge in [0.1, 0.15) is 0 Å². The van der Waals surface area contributed by atoms with E-state index in [4.69, 9.17) is 10.5 Å². The van der Waals surface area contributed by atoms with Gasteiger partial charge in [0.15, 0.2) is 0 Å². The number of amides is 1. The number of nitrogens with two attached hydrogens (primary N) is 1. The van der Waals surface area contributed by atoms with E-state index in [1.54, 1.807) is 0 Å². The number of benzene rings is 1. The fraction of sp³-hybridized carbons (Fsp3) is 0.533. The van der Waals surface area contributed by atoms with Crippen LogP contribution in [-0.2, 0) is 22.7 Å². The second-order valence-corrected chi connectivity index (χ2v) is 5.10. The first-order chi connectivity index (χ1) is 9.15. The number of nitrogens with one attached hydrogen (secondary N) is 1. The van der Waals surface area contributed by atoms with Gasteiger partial charge in [0.25, 0.3) is 0 Å². The molecule has 3 N–H and O–H groups in total. The third-order valence-corrected chi connectivity index (χ3v) is 3.72. The maximum Gasteiger partial charge on any atom is 0.240 e. The van der Waals surface area contributed by atoms with E-state index >= 15 is 0 Å². The van der Waals surface area contributed by atoms with Crippen LogP contribution in [-0.4, -0.2) is 18.1 Å². The lowest BCUT2D eigenvalue weighted by Crippen LogP contribution is -2.58. The van der Waals surface area contributed by atoms with Crippen LogP contribution >= 0.6 is 12.4 Å². The molecule has 1 fully saturated rings. The van der Waals surface area contributed by atoms with Crippen molar-refractivity contribution in [2.24, 2.45) is 5.73 Å². The normalized spacial score (nSPS) is 15.9. The zero-order valence-corrected chi connectivity index (χ0v) is 12.7. The first-order valence-electron chi connectivity index (χ1n) is 6.87. The van der Waals surface area contributed by atoms with E-state index in [0.717, 1.165) is 30.4 Å². The molecule has 0 heterocycles. The van der Waals surface area contributed by atoms with Gasteiger partial charge in [-0.25, -0.2) is 0 Å². The molecule has 0 saturated heterocycles. The van der Waals surface area contributed by atoms with Crippen molar-refractivity contribution in [2.75, 3.05) is 6.61 Å². The second kappa shape index (κ2) is 7.62. The van der Waals surface area contributed by atoms with E-state index in [1.807, 2.05) is 31.2 Å². The number of hydrogen-bond donors (Lipinski definition) is 2. The summed E-state index contributed by atoms with van der Waals surface area (Å²) in [6, 6.07) is 7.99. The molecule has 2 rings (SSSR count). The molecule has 1 aromatic rings. The van der Waals surface area contributed by atoms with Crippen molar-refractivity contribution in [2.45, 2.75) is 44.9 Å². The van der Waals surface area contributed by atoms with Crippen molar-refractivity contribution in [1.29, 1.82) is 0 Å². The highest BCUT2D eigenvalue weighted by Crippen LogP contribution is 2.29. The zero-order chi connectivity index (χ0) is 13.7. The fourth-order valence-electron chi connectivity index (χ4n) is 2.22. The first kappa shape index (κ1) is 17.0. The first-order valence-corrected chi connectivity index (χ1v) is 6.87. The van der Waals surface area contributed by atoms with Crippen molar-refractivity contribution in [3.05, 3.63) is 35.4 Å². The van der Waals surface area contributed by atoms with E-state index in [-0.39, 0.29) is 18.3 Å². The molecule has 0 unspecified atom stereocenters. The molecule has 112 valence electrons. The summed E-state index contributed by atoms with van der Waals surface area (Å²) in [6.07, 6.45) is 2.63. The highest BCUT2D eigenvalue weighted by molar-refractivity contribution is 5.87. The summed E-state index contributed by atoms with van der Waals surface area (Å²) in [4.78, 5) is 12.0. The van der Waals surface area contributed by atoms with Gasteiger partial charge in [0, 0.05) is 13.2 Å². The smallest absolute Gasteiger partial charge is 0.240 e. The van der Waals surface area contributed by atoms with Crippen LogP contribution in [0.15, 0.2) is 24.3 Å². The third kappa shape index (κ3) is 3.95. The Morgan fingerprint density at radius 2 is 2.00 bits per heavy atom. The van der Waals surface area contributed by atoms with Gasteiger partial charge in [-0.05, 0) is 37.3 Å². The van der Waals surface area contributed by atoms with Gasteiger partial charge in [-0.3, -0.25) is 4.79 Å². The van der Waals surface area contributed by atoms with Gasteiger partial charge in [-0.2, -0.15) is 0 Å². The van der Waals surface area contributed by atoms with E-state index in [1.165, 1.54) is 0 Å². The van der Waals surface area contributed by atoms with Gasteiger partial charge in [0.2, 0.25) is 5.91 Å². The Bertz CT molecular complexity index is 447. The molecule has 0 spiro atoms. The van der Waals surface area contributed by atoms with Gasteiger partial charge >= 0.3 is 0 Å². The topological polar surface area (TPSA) is 64.3 Å². The van der Waals surface area contributed by atoms with Crippen LogP contribution in [0.25, 0.3) is 0 Å². The van der Waals surface area contributed by atoms with E-state index in [0.29, 0.717) is 19.8 Å². The zero-order valence-electron chi connectivity index (χ0n) is 11.9. The average Bonchev–Trinajstić information content (AvgIpc) is 2.40. The molecule has 4 nitrogen and oxygen atoms in total. The lowest BCUT2D eigenvalue weighted by Gasteiger charge is -2.36. The molecule has 20 heavy (non-hydrogen) atoms. The summed E-state index contributed by atoms with van der Waals surface area (Å²) >= 11 is 0. The monoisotopic (exact) mass is 298 g/mol. The van der Waals surface area contributed by atoms with Crippen LogP contribution in [0.5, 0.6) is 0 Å². The predicted molar refractivity (Wildman–Crippen MR) is 81.6 cm³/mol. The molecule has 5 heteroatoms. The summed E-state index contributed by atoms with van der Waals surface area (Å²) in [5, 5.41) is 2.94. The summed E-state index contributed by atoms with van der Waals surface area (Å²) in [6.45, 7) is 3.75. The molecular formula is C15H23ClN2O2. The standard InChI is InChI=1S/C15H22N2O2.ClH/c1-2-19-11-13-7-4-3-6-12(13)10-17-14(18)15(16)8-5-9-15;/h3-4,6-7H,2,5,8-11,16H2,1H3,(H,17,18);1H. The molecule has 0 atom stereocenters. The van der Waals surface area contributed by atoms with E-state index < -0.39 is 5.54 Å². The number of halogens is 1. The lowest BCUT2D eigenvalue weighted by atomic mass is 9.77. The second-order valence-electron chi connectivity index (χ2n) is 5.10. The Morgan fingerprint density at radius 3 is 2.55 bits per heavy atom. The minimum Gasteiger partial charge on any atom is -0.377 e. The van der Waals surface area contributed by atoms with Crippen molar-refractivity contribution in [3.8, 4) is 0 Å². The largest absolute Gasteiger partial charge is 0.377 e. The molecule has 1 amide bonds. The maximum atomic E-state index is 12.0.